The molecule has 2 atom stereocenters. The normalized spacial score (nSPS) is 28.2. The molecule has 170 valence electrons. The number of rotatable bonds is 11. The lowest BCUT2D eigenvalue weighted by atomic mass is 10.1. The molecule has 0 radical (unpaired) electrons. The summed E-state index contributed by atoms with van der Waals surface area (Å²) in [6.07, 6.45) is 3.04. The van der Waals surface area contributed by atoms with Crippen LogP contribution in [-0.2, 0) is 14.2 Å². The quantitative estimate of drug-likeness (QED) is 0.498. The number of ether oxygens (including phenoxy) is 3. The highest BCUT2D eigenvalue weighted by molar-refractivity contribution is 4.78. The van der Waals surface area contributed by atoms with E-state index in [0.717, 1.165) is 118 Å². The summed E-state index contributed by atoms with van der Waals surface area (Å²) in [5, 5.41) is 0. The molecule has 0 aromatic heterocycles. The summed E-state index contributed by atoms with van der Waals surface area (Å²) in [7, 11) is 0. The molecule has 0 amide bonds. The van der Waals surface area contributed by atoms with Gasteiger partial charge >= 0.3 is 0 Å². The molecule has 0 aromatic rings. The number of nitrogens with zero attached hydrogens (tertiary/aromatic N) is 4. The van der Waals surface area contributed by atoms with E-state index in [9.17, 15) is 0 Å². The molecule has 29 heavy (non-hydrogen) atoms. The Balaban J connectivity index is 1.46. The van der Waals surface area contributed by atoms with Crippen molar-refractivity contribution in [2.45, 2.75) is 38.9 Å². The third-order valence-corrected chi connectivity index (χ3v) is 6.62. The van der Waals surface area contributed by atoms with Crippen LogP contribution in [0.25, 0.3) is 0 Å². The van der Waals surface area contributed by atoms with E-state index in [1.54, 1.807) is 0 Å². The second-order valence-corrected chi connectivity index (χ2v) is 8.71. The van der Waals surface area contributed by atoms with Gasteiger partial charge in [0.1, 0.15) is 0 Å². The molecule has 3 rings (SSSR count). The molecule has 0 bridgehead atoms. The largest absolute Gasteiger partial charge is 0.379 e. The Hall–Kier alpha value is -0.280. The molecule has 3 fully saturated rings. The molecule has 7 nitrogen and oxygen atoms in total. The first-order valence-electron chi connectivity index (χ1n) is 12.0. The van der Waals surface area contributed by atoms with Crippen molar-refractivity contribution in [3.05, 3.63) is 0 Å². The third-order valence-electron chi connectivity index (χ3n) is 6.62. The van der Waals surface area contributed by atoms with Crippen LogP contribution in [0.3, 0.4) is 0 Å². The predicted octanol–water partition coefficient (Wildman–Crippen LogP) is 0.842. The van der Waals surface area contributed by atoms with Crippen LogP contribution in [0.15, 0.2) is 0 Å². The van der Waals surface area contributed by atoms with Crippen LogP contribution in [0.4, 0.5) is 0 Å². The van der Waals surface area contributed by atoms with Gasteiger partial charge in [-0.1, -0.05) is 13.8 Å². The van der Waals surface area contributed by atoms with Crippen molar-refractivity contribution in [3.8, 4) is 0 Å². The molecule has 0 saturated carbocycles. The van der Waals surface area contributed by atoms with Gasteiger partial charge in [0, 0.05) is 78.5 Å². The van der Waals surface area contributed by atoms with E-state index in [0.29, 0.717) is 12.2 Å². The first kappa shape index (κ1) is 23.4. The fourth-order valence-corrected chi connectivity index (χ4v) is 4.48. The Labute approximate surface area is 178 Å². The lowest BCUT2D eigenvalue weighted by molar-refractivity contribution is -0.0882. The molecule has 3 saturated heterocycles. The fraction of sp³-hybridized carbons (Fsp3) is 1.00. The van der Waals surface area contributed by atoms with Crippen LogP contribution in [0.1, 0.15) is 26.7 Å². The fourth-order valence-electron chi connectivity index (χ4n) is 4.48. The van der Waals surface area contributed by atoms with Crippen molar-refractivity contribution in [2.24, 2.45) is 0 Å². The van der Waals surface area contributed by atoms with Gasteiger partial charge in [-0.3, -0.25) is 19.6 Å². The van der Waals surface area contributed by atoms with Gasteiger partial charge in [-0.15, -0.1) is 0 Å². The average Bonchev–Trinajstić information content (AvgIpc) is 2.79. The molecule has 0 aliphatic carbocycles. The summed E-state index contributed by atoms with van der Waals surface area (Å²) >= 11 is 0. The SMILES string of the molecule is CCC1CN(CCN(CCN2CCOCC2)CCN2CCOCC2)CC(CC)O1. The molecule has 0 aromatic carbocycles. The van der Waals surface area contributed by atoms with Gasteiger partial charge in [-0.25, -0.2) is 0 Å². The monoisotopic (exact) mass is 412 g/mol. The van der Waals surface area contributed by atoms with E-state index >= 15 is 0 Å². The first-order valence-corrected chi connectivity index (χ1v) is 12.0. The van der Waals surface area contributed by atoms with Crippen LogP contribution in [0, 0.1) is 0 Å². The highest BCUT2D eigenvalue weighted by Gasteiger charge is 2.26. The van der Waals surface area contributed by atoms with Crippen molar-refractivity contribution >= 4 is 0 Å². The molecule has 0 spiro atoms. The van der Waals surface area contributed by atoms with E-state index in [1.807, 2.05) is 0 Å². The Kier molecular flexibility index (Phi) is 10.6. The van der Waals surface area contributed by atoms with Gasteiger partial charge in [0.25, 0.3) is 0 Å². The van der Waals surface area contributed by atoms with Crippen molar-refractivity contribution in [1.29, 1.82) is 0 Å². The lowest BCUT2D eigenvalue weighted by Crippen LogP contribution is -2.51. The van der Waals surface area contributed by atoms with Gasteiger partial charge in [-0.2, -0.15) is 0 Å². The predicted molar refractivity (Wildman–Crippen MR) is 117 cm³/mol. The first-order chi connectivity index (χ1) is 14.3. The molecular formula is C22H44N4O3. The molecule has 7 heteroatoms. The number of hydrogen-bond acceptors (Lipinski definition) is 7. The summed E-state index contributed by atoms with van der Waals surface area (Å²) in [5.74, 6) is 0. The van der Waals surface area contributed by atoms with E-state index in [-0.39, 0.29) is 0 Å². The summed E-state index contributed by atoms with van der Waals surface area (Å²) in [6, 6.07) is 0. The number of hydrogen-bond donors (Lipinski definition) is 0. The summed E-state index contributed by atoms with van der Waals surface area (Å²) in [5.41, 5.74) is 0. The average molecular weight is 413 g/mol. The van der Waals surface area contributed by atoms with Crippen LogP contribution in [-0.4, -0.2) is 137 Å². The van der Waals surface area contributed by atoms with E-state index < -0.39 is 0 Å². The molecule has 2 unspecified atom stereocenters. The maximum atomic E-state index is 6.18. The van der Waals surface area contributed by atoms with Crippen LogP contribution < -0.4 is 0 Å². The highest BCUT2D eigenvalue weighted by atomic mass is 16.5. The standard InChI is InChI=1S/C22H44N4O3/c1-3-21-19-26(20-22(4-2)29-21)10-9-23(5-7-24-11-15-27-16-12-24)6-8-25-13-17-28-18-14-25/h21-22H,3-20H2,1-2H3. The Bertz CT molecular complexity index is 396. The highest BCUT2D eigenvalue weighted by Crippen LogP contribution is 2.16. The van der Waals surface area contributed by atoms with Crippen molar-refractivity contribution in [1.82, 2.24) is 19.6 Å². The topological polar surface area (TPSA) is 40.7 Å². The lowest BCUT2D eigenvalue weighted by Gasteiger charge is -2.39. The van der Waals surface area contributed by atoms with Crippen molar-refractivity contribution < 1.29 is 14.2 Å². The minimum atomic E-state index is 0.406. The second kappa shape index (κ2) is 13.2. The second-order valence-electron chi connectivity index (χ2n) is 8.71. The number of morpholine rings is 3. The van der Waals surface area contributed by atoms with Gasteiger partial charge in [0.05, 0.1) is 38.6 Å². The molecule has 3 aliphatic heterocycles. The maximum absolute atomic E-state index is 6.18. The summed E-state index contributed by atoms with van der Waals surface area (Å²) in [4.78, 5) is 10.4. The molecular weight excluding hydrogens is 368 g/mol. The van der Waals surface area contributed by atoms with Crippen molar-refractivity contribution in [2.75, 3.05) is 105 Å². The zero-order valence-electron chi connectivity index (χ0n) is 18.9. The summed E-state index contributed by atoms with van der Waals surface area (Å²) < 4.78 is 17.2. The van der Waals surface area contributed by atoms with Gasteiger partial charge in [0.2, 0.25) is 0 Å². The van der Waals surface area contributed by atoms with Crippen LogP contribution in [0.2, 0.25) is 0 Å². The van der Waals surface area contributed by atoms with Crippen molar-refractivity contribution in [3.63, 3.8) is 0 Å². The van der Waals surface area contributed by atoms with Gasteiger partial charge in [0.15, 0.2) is 0 Å². The minimum absolute atomic E-state index is 0.406. The van der Waals surface area contributed by atoms with Gasteiger partial charge < -0.3 is 14.2 Å². The van der Waals surface area contributed by atoms with Crippen LogP contribution >= 0.6 is 0 Å². The maximum Gasteiger partial charge on any atom is 0.0703 e. The van der Waals surface area contributed by atoms with E-state index in [4.69, 9.17) is 14.2 Å². The van der Waals surface area contributed by atoms with Gasteiger partial charge in [-0.05, 0) is 12.8 Å². The minimum Gasteiger partial charge on any atom is -0.379 e. The molecule has 3 heterocycles. The zero-order valence-corrected chi connectivity index (χ0v) is 18.9. The Morgan fingerprint density at radius 2 is 1.07 bits per heavy atom. The van der Waals surface area contributed by atoms with E-state index in [2.05, 4.69) is 33.4 Å². The molecule has 3 aliphatic rings. The third kappa shape index (κ3) is 8.40. The zero-order chi connectivity index (χ0) is 20.3. The molecule has 0 N–H and O–H groups in total. The smallest absolute Gasteiger partial charge is 0.0703 e. The Morgan fingerprint density at radius 1 is 0.655 bits per heavy atom. The summed E-state index contributed by atoms with van der Waals surface area (Å²) in [6.45, 7) is 21.5. The Morgan fingerprint density at radius 3 is 1.48 bits per heavy atom. The van der Waals surface area contributed by atoms with E-state index in [1.165, 1.54) is 0 Å². The van der Waals surface area contributed by atoms with Crippen LogP contribution in [0.5, 0.6) is 0 Å².